The Morgan fingerprint density at radius 2 is 2.06 bits per heavy atom. The van der Waals surface area contributed by atoms with Gasteiger partial charge in [-0.15, -0.1) is 0 Å². The van der Waals surface area contributed by atoms with Crippen molar-refractivity contribution in [3.05, 3.63) is 29.3 Å². The lowest BCUT2D eigenvalue weighted by molar-refractivity contribution is 0.544. The van der Waals surface area contributed by atoms with Gasteiger partial charge in [0.25, 0.3) is 0 Å². The zero-order chi connectivity index (χ0) is 13.1. The van der Waals surface area contributed by atoms with Crippen molar-refractivity contribution >= 4 is 10.0 Å². The van der Waals surface area contributed by atoms with Gasteiger partial charge >= 0.3 is 0 Å². The molecule has 7 heteroatoms. The molecule has 0 fully saturated rings. The molecule has 3 N–H and O–H groups in total. The molecule has 0 saturated heterocycles. The fraction of sp³-hybridized carbons (Fsp3) is 0.200. The van der Waals surface area contributed by atoms with E-state index in [-0.39, 0.29) is 12.1 Å². The van der Waals surface area contributed by atoms with E-state index in [1.165, 1.54) is 0 Å². The van der Waals surface area contributed by atoms with Gasteiger partial charge < -0.3 is 5.73 Å². The average molecular weight is 260 g/mol. The Kier molecular flexibility index (Phi) is 4.17. The minimum atomic E-state index is -4.04. The highest BCUT2D eigenvalue weighted by Gasteiger charge is 2.22. The van der Waals surface area contributed by atoms with E-state index < -0.39 is 26.6 Å². The number of hydrogen-bond acceptors (Lipinski definition) is 3. The predicted molar refractivity (Wildman–Crippen MR) is 58.5 cm³/mol. The molecule has 0 aliphatic rings. The maximum absolute atomic E-state index is 13.5. The molecule has 4 nitrogen and oxygen atoms in total. The molecule has 0 saturated carbocycles. The monoisotopic (exact) mass is 260 g/mol. The lowest BCUT2D eigenvalue weighted by atomic mass is 10.2. The standard InChI is InChI=1S/C10H10F2N2O2S/c1-14-17(15,16)10-7(3-2-4-13)5-8(11)6-9(10)12/h5-6,14H,4,13H2,1H3. The number of sulfonamides is 1. The first-order valence-electron chi connectivity index (χ1n) is 4.54. The number of nitrogens with one attached hydrogen (secondary N) is 1. The maximum Gasteiger partial charge on any atom is 0.244 e. The highest BCUT2D eigenvalue weighted by molar-refractivity contribution is 7.89. The van der Waals surface area contributed by atoms with Gasteiger partial charge in [0.1, 0.15) is 16.5 Å². The van der Waals surface area contributed by atoms with Gasteiger partial charge in [0.05, 0.1) is 12.1 Å². The van der Waals surface area contributed by atoms with E-state index in [0.29, 0.717) is 6.07 Å². The van der Waals surface area contributed by atoms with Crippen LogP contribution in [0, 0.1) is 23.5 Å². The zero-order valence-electron chi connectivity index (χ0n) is 8.92. The molecule has 0 atom stereocenters. The molecular formula is C10H10F2N2O2S. The molecule has 0 unspecified atom stereocenters. The molecule has 0 aromatic heterocycles. The van der Waals surface area contributed by atoms with Crippen LogP contribution in [0.5, 0.6) is 0 Å². The van der Waals surface area contributed by atoms with Gasteiger partial charge in [0.2, 0.25) is 10.0 Å². The second kappa shape index (κ2) is 5.23. The third-order valence-electron chi connectivity index (χ3n) is 1.87. The number of halogens is 2. The molecule has 1 aromatic rings. The first-order chi connectivity index (χ1) is 7.92. The van der Waals surface area contributed by atoms with Crippen LogP contribution in [0.25, 0.3) is 0 Å². The molecular weight excluding hydrogens is 250 g/mol. The lowest BCUT2D eigenvalue weighted by Crippen LogP contribution is -2.21. The van der Waals surface area contributed by atoms with Crippen LogP contribution in [-0.2, 0) is 10.0 Å². The van der Waals surface area contributed by atoms with Gasteiger partial charge in [-0.2, -0.15) is 0 Å². The Morgan fingerprint density at radius 3 is 2.59 bits per heavy atom. The van der Waals surface area contributed by atoms with Crippen LogP contribution in [0.1, 0.15) is 5.56 Å². The third-order valence-corrected chi connectivity index (χ3v) is 3.36. The van der Waals surface area contributed by atoms with Crippen LogP contribution in [-0.4, -0.2) is 22.0 Å². The summed E-state index contributed by atoms with van der Waals surface area (Å²) in [6.45, 7) is -0.0445. The molecule has 0 aliphatic carbocycles. The highest BCUT2D eigenvalue weighted by Crippen LogP contribution is 2.20. The molecule has 0 aliphatic heterocycles. The Hall–Kier alpha value is -1.49. The molecule has 17 heavy (non-hydrogen) atoms. The van der Waals surface area contributed by atoms with Crippen molar-refractivity contribution < 1.29 is 17.2 Å². The van der Waals surface area contributed by atoms with Gasteiger partial charge in [-0.1, -0.05) is 11.8 Å². The first kappa shape index (κ1) is 13.6. The van der Waals surface area contributed by atoms with Crippen LogP contribution in [0.4, 0.5) is 8.78 Å². The molecule has 1 aromatic carbocycles. The van der Waals surface area contributed by atoms with Gasteiger partial charge in [0.15, 0.2) is 0 Å². The SMILES string of the molecule is CNS(=O)(=O)c1c(F)cc(F)cc1C#CCN. The Morgan fingerprint density at radius 1 is 1.41 bits per heavy atom. The van der Waals surface area contributed by atoms with E-state index in [4.69, 9.17) is 5.73 Å². The maximum atomic E-state index is 13.5. The summed E-state index contributed by atoms with van der Waals surface area (Å²) < 4.78 is 51.5. The van der Waals surface area contributed by atoms with Crippen molar-refractivity contribution in [3.8, 4) is 11.8 Å². The van der Waals surface area contributed by atoms with Crippen molar-refractivity contribution in [1.82, 2.24) is 4.72 Å². The van der Waals surface area contributed by atoms with Crippen molar-refractivity contribution in [2.75, 3.05) is 13.6 Å². The van der Waals surface area contributed by atoms with Crippen LogP contribution >= 0.6 is 0 Å². The molecule has 0 radical (unpaired) electrons. The van der Waals surface area contributed by atoms with E-state index in [0.717, 1.165) is 13.1 Å². The van der Waals surface area contributed by atoms with Gasteiger partial charge in [0, 0.05) is 6.07 Å². The number of benzene rings is 1. The van der Waals surface area contributed by atoms with Crippen LogP contribution < -0.4 is 10.5 Å². The summed E-state index contributed by atoms with van der Waals surface area (Å²) in [6, 6.07) is 1.33. The molecule has 0 spiro atoms. The lowest BCUT2D eigenvalue weighted by Gasteiger charge is -2.06. The molecule has 92 valence electrons. The molecule has 0 heterocycles. The smallest absolute Gasteiger partial charge is 0.244 e. The summed E-state index contributed by atoms with van der Waals surface area (Å²) in [4.78, 5) is -0.678. The molecule has 1 rings (SSSR count). The summed E-state index contributed by atoms with van der Waals surface area (Å²) in [6.07, 6.45) is 0. The normalized spacial score (nSPS) is 10.8. The Bertz CT molecular complexity index is 588. The second-order valence-electron chi connectivity index (χ2n) is 2.98. The van der Waals surface area contributed by atoms with E-state index in [9.17, 15) is 17.2 Å². The van der Waals surface area contributed by atoms with Crippen molar-refractivity contribution in [2.45, 2.75) is 4.90 Å². The molecule has 0 amide bonds. The summed E-state index contributed by atoms with van der Waals surface area (Å²) >= 11 is 0. The first-order valence-corrected chi connectivity index (χ1v) is 6.02. The quantitative estimate of drug-likeness (QED) is 0.745. The third kappa shape index (κ3) is 3.00. The summed E-state index contributed by atoms with van der Waals surface area (Å²) in [5.74, 6) is 2.57. The van der Waals surface area contributed by atoms with E-state index >= 15 is 0 Å². The van der Waals surface area contributed by atoms with Gasteiger partial charge in [-0.3, -0.25) is 0 Å². The minimum Gasteiger partial charge on any atom is -0.320 e. The Balaban J connectivity index is 3.58. The molecule has 0 bridgehead atoms. The van der Waals surface area contributed by atoms with Gasteiger partial charge in [-0.05, 0) is 13.1 Å². The second-order valence-corrected chi connectivity index (χ2v) is 4.80. The van der Waals surface area contributed by atoms with Crippen LogP contribution in [0.3, 0.4) is 0 Å². The number of rotatable bonds is 2. The highest BCUT2D eigenvalue weighted by atomic mass is 32.2. The predicted octanol–water partition coefficient (Wildman–Crippen LogP) is 0.183. The fourth-order valence-electron chi connectivity index (χ4n) is 1.17. The van der Waals surface area contributed by atoms with Crippen molar-refractivity contribution in [3.63, 3.8) is 0 Å². The van der Waals surface area contributed by atoms with Crippen molar-refractivity contribution in [1.29, 1.82) is 0 Å². The average Bonchev–Trinajstić information content (AvgIpc) is 2.24. The van der Waals surface area contributed by atoms with Crippen molar-refractivity contribution in [2.24, 2.45) is 5.73 Å². The van der Waals surface area contributed by atoms with E-state index in [1.807, 2.05) is 4.72 Å². The number of hydrogen-bond donors (Lipinski definition) is 2. The van der Waals surface area contributed by atoms with Crippen LogP contribution in [0.2, 0.25) is 0 Å². The Labute approximate surface area is 97.9 Å². The fourth-order valence-corrected chi connectivity index (χ4v) is 2.09. The minimum absolute atomic E-state index is 0.0445. The van der Waals surface area contributed by atoms with E-state index in [2.05, 4.69) is 11.8 Å². The largest absolute Gasteiger partial charge is 0.320 e. The van der Waals surface area contributed by atoms with Gasteiger partial charge in [-0.25, -0.2) is 21.9 Å². The zero-order valence-corrected chi connectivity index (χ0v) is 9.74. The van der Waals surface area contributed by atoms with E-state index in [1.54, 1.807) is 0 Å². The summed E-state index contributed by atoms with van der Waals surface area (Å²) in [5.41, 5.74) is 4.86. The van der Waals surface area contributed by atoms with Crippen LogP contribution in [0.15, 0.2) is 17.0 Å². The number of nitrogens with two attached hydrogens (primary N) is 1. The summed E-state index contributed by atoms with van der Waals surface area (Å²) in [7, 11) is -2.92. The topological polar surface area (TPSA) is 72.2 Å². The summed E-state index contributed by atoms with van der Waals surface area (Å²) in [5, 5.41) is 0.